The maximum absolute atomic E-state index is 6.15. The van der Waals surface area contributed by atoms with E-state index >= 15 is 0 Å². The zero-order chi connectivity index (χ0) is 15.3. The molecule has 0 aromatic carbocycles. The molecule has 3 saturated heterocycles. The van der Waals surface area contributed by atoms with Crippen LogP contribution >= 0.6 is 0 Å². The van der Waals surface area contributed by atoms with Crippen molar-refractivity contribution in [3.8, 4) is 0 Å². The van der Waals surface area contributed by atoms with Crippen LogP contribution in [0.4, 0.5) is 0 Å². The van der Waals surface area contributed by atoms with Crippen LogP contribution in [0.1, 0.15) is 66.7 Å². The summed E-state index contributed by atoms with van der Waals surface area (Å²) in [6.45, 7) is 16.6. The van der Waals surface area contributed by atoms with E-state index in [1.807, 2.05) is 0 Å². The lowest BCUT2D eigenvalue weighted by Crippen LogP contribution is -2.78. The van der Waals surface area contributed by atoms with Gasteiger partial charge in [-0.1, -0.05) is 6.42 Å². The van der Waals surface area contributed by atoms with Crippen molar-refractivity contribution in [2.75, 3.05) is 26.2 Å². The number of hydrogen-bond acceptors (Lipinski definition) is 3. The summed E-state index contributed by atoms with van der Waals surface area (Å²) in [5.74, 6) is 0.711. The largest absolute Gasteiger partial charge is 0.360 e. The number of nitrogens with zero attached hydrogens (tertiary/aromatic N) is 2. The lowest BCUT2D eigenvalue weighted by molar-refractivity contribution is -0.351. The summed E-state index contributed by atoms with van der Waals surface area (Å²) in [6, 6.07) is 0. The third kappa shape index (κ3) is 2.66. The smallest absolute Gasteiger partial charge is 0.128 e. The minimum Gasteiger partial charge on any atom is -0.360 e. The first-order chi connectivity index (χ1) is 9.76. The van der Waals surface area contributed by atoms with Crippen LogP contribution in [0.5, 0.6) is 0 Å². The van der Waals surface area contributed by atoms with Gasteiger partial charge < -0.3 is 4.74 Å². The maximum Gasteiger partial charge on any atom is 0.128 e. The van der Waals surface area contributed by atoms with E-state index in [1.165, 1.54) is 51.7 Å². The fourth-order valence-corrected chi connectivity index (χ4v) is 4.77. The van der Waals surface area contributed by atoms with Crippen LogP contribution in [0.25, 0.3) is 0 Å². The van der Waals surface area contributed by atoms with Gasteiger partial charge in [0.15, 0.2) is 0 Å². The van der Waals surface area contributed by atoms with E-state index in [0.29, 0.717) is 11.5 Å². The molecule has 3 heteroatoms. The molecule has 0 aromatic heterocycles. The van der Waals surface area contributed by atoms with Gasteiger partial charge in [0.2, 0.25) is 0 Å². The molecule has 0 aromatic rings. The van der Waals surface area contributed by atoms with Gasteiger partial charge in [-0.25, -0.2) is 0 Å². The third-order valence-electron chi connectivity index (χ3n) is 6.08. The number of hydrogen-bond donors (Lipinski definition) is 0. The van der Waals surface area contributed by atoms with E-state index < -0.39 is 0 Å². The fourth-order valence-electron chi connectivity index (χ4n) is 4.77. The lowest BCUT2D eigenvalue weighted by Gasteiger charge is -2.68. The summed E-state index contributed by atoms with van der Waals surface area (Å²) < 4.78 is 6.15. The highest BCUT2D eigenvalue weighted by Crippen LogP contribution is 2.52. The summed E-state index contributed by atoms with van der Waals surface area (Å²) >= 11 is 0. The number of ether oxygens (including phenoxy) is 1. The molecule has 3 heterocycles. The van der Waals surface area contributed by atoms with Gasteiger partial charge in [-0.2, -0.15) is 0 Å². The van der Waals surface area contributed by atoms with Crippen LogP contribution in [0.3, 0.4) is 0 Å². The van der Waals surface area contributed by atoms with Crippen LogP contribution in [-0.4, -0.2) is 52.8 Å². The number of rotatable bonds is 3. The molecule has 122 valence electrons. The van der Waals surface area contributed by atoms with Crippen LogP contribution in [0.15, 0.2) is 0 Å². The fraction of sp³-hybridized carbons (Fsp3) is 1.00. The van der Waals surface area contributed by atoms with Gasteiger partial charge in [-0.15, -0.1) is 0 Å². The molecule has 0 bridgehead atoms. The van der Waals surface area contributed by atoms with Crippen molar-refractivity contribution in [1.82, 2.24) is 9.80 Å². The van der Waals surface area contributed by atoms with Crippen LogP contribution in [0.2, 0.25) is 0 Å². The van der Waals surface area contributed by atoms with Gasteiger partial charge in [0.1, 0.15) is 5.72 Å². The Morgan fingerprint density at radius 2 is 1.67 bits per heavy atom. The Balaban J connectivity index is 1.65. The van der Waals surface area contributed by atoms with E-state index in [2.05, 4.69) is 44.4 Å². The van der Waals surface area contributed by atoms with Gasteiger partial charge in [0.05, 0.1) is 6.61 Å². The Labute approximate surface area is 131 Å². The molecule has 0 saturated carbocycles. The molecule has 0 aliphatic carbocycles. The van der Waals surface area contributed by atoms with Gasteiger partial charge in [0.25, 0.3) is 0 Å². The normalized spacial score (nSPS) is 35.6. The van der Waals surface area contributed by atoms with Crippen molar-refractivity contribution >= 4 is 0 Å². The van der Waals surface area contributed by atoms with Gasteiger partial charge in [0, 0.05) is 30.0 Å². The standard InChI is InChI=1S/C18H34N2O/c1-16(2,3)20-14-15(18(20)9-12-21-18)13-17(4,5)19-10-7-6-8-11-19/h15H,6-14H2,1-5H3. The molecular weight excluding hydrogens is 260 g/mol. The van der Waals surface area contributed by atoms with Crippen molar-refractivity contribution in [1.29, 1.82) is 0 Å². The van der Waals surface area contributed by atoms with Gasteiger partial charge >= 0.3 is 0 Å². The predicted octanol–water partition coefficient (Wildman–Crippen LogP) is 3.49. The number of likely N-dealkylation sites (tertiary alicyclic amines) is 2. The molecule has 3 aliphatic heterocycles. The molecule has 2 atom stereocenters. The summed E-state index contributed by atoms with van der Waals surface area (Å²) in [5, 5.41) is 0. The Kier molecular flexibility index (Phi) is 3.91. The molecule has 1 spiro atoms. The number of piperidine rings is 1. The van der Waals surface area contributed by atoms with Crippen LogP contribution in [-0.2, 0) is 4.74 Å². The van der Waals surface area contributed by atoms with Crippen LogP contribution < -0.4 is 0 Å². The topological polar surface area (TPSA) is 15.7 Å². The van der Waals surface area contributed by atoms with E-state index in [0.717, 1.165) is 6.61 Å². The second-order valence-corrected chi connectivity index (χ2v) is 8.99. The monoisotopic (exact) mass is 294 g/mol. The van der Waals surface area contributed by atoms with Crippen molar-refractivity contribution in [3.05, 3.63) is 0 Å². The minimum absolute atomic E-state index is 0.0747. The molecule has 0 radical (unpaired) electrons. The molecule has 3 fully saturated rings. The first-order valence-corrected chi connectivity index (χ1v) is 8.92. The molecule has 0 N–H and O–H groups in total. The average molecular weight is 294 g/mol. The van der Waals surface area contributed by atoms with E-state index in [4.69, 9.17) is 4.74 Å². The van der Waals surface area contributed by atoms with Crippen molar-refractivity contribution in [2.45, 2.75) is 83.5 Å². The van der Waals surface area contributed by atoms with Gasteiger partial charge in [-0.3, -0.25) is 9.80 Å². The summed E-state index contributed by atoms with van der Waals surface area (Å²) in [5.41, 5.74) is 0.624. The quantitative estimate of drug-likeness (QED) is 0.792. The Morgan fingerprint density at radius 3 is 2.14 bits per heavy atom. The lowest BCUT2D eigenvalue weighted by atomic mass is 9.70. The third-order valence-corrected chi connectivity index (χ3v) is 6.08. The minimum atomic E-state index is 0.0747. The van der Waals surface area contributed by atoms with Crippen molar-refractivity contribution in [2.24, 2.45) is 5.92 Å². The van der Waals surface area contributed by atoms with E-state index in [-0.39, 0.29) is 11.3 Å². The average Bonchev–Trinajstić information content (AvgIpc) is 2.32. The van der Waals surface area contributed by atoms with Crippen molar-refractivity contribution < 1.29 is 4.74 Å². The van der Waals surface area contributed by atoms with E-state index in [9.17, 15) is 0 Å². The molecule has 3 nitrogen and oxygen atoms in total. The summed E-state index contributed by atoms with van der Waals surface area (Å²) in [6.07, 6.45) is 6.68. The molecule has 2 unspecified atom stereocenters. The highest BCUT2D eigenvalue weighted by atomic mass is 16.5. The van der Waals surface area contributed by atoms with Crippen LogP contribution in [0, 0.1) is 5.92 Å². The van der Waals surface area contributed by atoms with Gasteiger partial charge in [-0.05, 0) is 67.0 Å². The molecule has 3 aliphatic rings. The SMILES string of the molecule is CC(C)(C)N1CC(CC(C)(C)N2CCCCC2)C12CCO2. The Morgan fingerprint density at radius 1 is 1.05 bits per heavy atom. The Hall–Kier alpha value is -0.120. The predicted molar refractivity (Wildman–Crippen MR) is 87.4 cm³/mol. The summed E-state index contributed by atoms with van der Waals surface area (Å²) in [7, 11) is 0. The first kappa shape index (κ1) is 15.8. The van der Waals surface area contributed by atoms with Crippen molar-refractivity contribution in [3.63, 3.8) is 0 Å². The highest BCUT2D eigenvalue weighted by Gasteiger charge is 2.62. The zero-order valence-electron chi connectivity index (χ0n) is 14.7. The second kappa shape index (κ2) is 5.21. The molecule has 21 heavy (non-hydrogen) atoms. The zero-order valence-corrected chi connectivity index (χ0v) is 14.7. The molecule has 0 amide bonds. The second-order valence-electron chi connectivity index (χ2n) is 8.99. The molecule has 3 rings (SSSR count). The highest BCUT2D eigenvalue weighted by molar-refractivity contribution is 5.09. The first-order valence-electron chi connectivity index (χ1n) is 8.92. The van der Waals surface area contributed by atoms with E-state index in [1.54, 1.807) is 0 Å². The molecular formula is C18H34N2O. The summed E-state index contributed by atoms with van der Waals surface area (Å²) in [4.78, 5) is 5.32. The Bertz CT molecular complexity index is 375. The maximum atomic E-state index is 6.15.